The Hall–Kier alpha value is -4.01. The number of nitrogens with one attached hydrogen (secondary N) is 3. The largest absolute Gasteiger partial charge is 0.379 e. The van der Waals surface area contributed by atoms with E-state index in [1.165, 1.54) is 0 Å². The number of hydrogen-bond acceptors (Lipinski definition) is 5. The van der Waals surface area contributed by atoms with Crippen molar-refractivity contribution in [2.24, 2.45) is 0 Å². The number of hydrazine groups is 1. The smallest absolute Gasteiger partial charge is 0.333 e. The fourth-order valence-electron chi connectivity index (χ4n) is 4.31. The first-order chi connectivity index (χ1) is 18.0. The molecule has 0 saturated carbocycles. The molecule has 0 atom stereocenters. The SMILES string of the molecule is Cc1cccc(-c2[nH]c(C(C)C)nc2-c2cccc(-c3ccc(NC(=O)NN4CCOCC4)cc3)c2)n1. The van der Waals surface area contributed by atoms with E-state index in [4.69, 9.17) is 14.7 Å². The van der Waals surface area contributed by atoms with Crippen molar-refractivity contribution in [1.82, 2.24) is 25.4 Å². The van der Waals surface area contributed by atoms with Crippen LogP contribution < -0.4 is 10.7 Å². The standard InChI is InChI=1S/C29H32N6O2/c1-19(2)28-32-26(27(33-28)25-9-4-6-20(3)30-25)23-8-5-7-22(18-23)21-10-12-24(13-11-21)31-29(36)34-35-14-16-37-17-15-35/h4-13,18-19H,14-17H2,1-3H3,(H,32,33)(H2,31,34,36). The van der Waals surface area contributed by atoms with Crippen molar-refractivity contribution < 1.29 is 9.53 Å². The maximum atomic E-state index is 12.3. The average Bonchev–Trinajstić information content (AvgIpc) is 3.36. The molecule has 1 saturated heterocycles. The average molecular weight is 497 g/mol. The van der Waals surface area contributed by atoms with Crippen LogP contribution in [0.1, 0.15) is 31.3 Å². The molecule has 190 valence electrons. The topological polar surface area (TPSA) is 95.2 Å². The second kappa shape index (κ2) is 10.9. The number of aromatic amines is 1. The van der Waals surface area contributed by atoms with Crippen molar-refractivity contribution in [2.75, 3.05) is 31.6 Å². The Morgan fingerprint density at radius 2 is 1.68 bits per heavy atom. The number of rotatable bonds is 6. The summed E-state index contributed by atoms with van der Waals surface area (Å²) in [5.41, 5.74) is 10.4. The molecule has 0 radical (unpaired) electrons. The molecule has 2 aromatic carbocycles. The van der Waals surface area contributed by atoms with Gasteiger partial charge in [-0.15, -0.1) is 0 Å². The minimum absolute atomic E-state index is 0.256. The van der Waals surface area contributed by atoms with Gasteiger partial charge in [0.1, 0.15) is 5.82 Å². The van der Waals surface area contributed by atoms with Gasteiger partial charge < -0.3 is 15.0 Å². The zero-order chi connectivity index (χ0) is 25.8. The van der Waals surface area contributed by atoms with E-state index in [2.05, 4.69) is 47.8 Å². The summed E-state index contributed by atoms with van der Waals surface area (Å²) in [4.78, 5) is 25.5. The fourth-order valence-corrected chi connectivity index (χ4v) is 4.31. The molecule has 0 spiro atoms. The number of urea groups is 1. The van der Waals surface area contributed by atoms with Crippen LogP contribution in [0.5, 0.6) is 0 Å². The Morgan fingerprint density at radius 1 is 0.946 bits per heavy atom. The summed E-state index contributed by atoms with van der Waals surface area (Å²) in [5, 5.41) is 4.76. The molecule has 3 N–H and O–H groups in total. The van der Waals surface area contributed by atoms with E-state index in [0.717, 1.165) is 51.0 Å². The first-order valence-corrected chi connectivity index (χ1v) is 12.6. The highest BCUT2D eigenvalue weighted by Crippen LogP contribution is 2.33. The Kier molecular flexibility index (Phi) is 7.30. The van der Waals surface area contributed by atoms with Crippen LogP contribution in [0.2, 0.25) is 0 Å². The molecule has 5 rings (SSSR count). The zero-order valence-electron chi connectivity index (χ0n) is 21.4. The van der Waals surface area contributed by atoms with E-state index in [1.54, 1.807) is 0 Å². The number of carbonyl (C=O) groups is 1. The number of H-pyrrole nitrogens is 1. The molecule has 4 aromatic rings. The molecule has 1 fully saturated rings. The predicted octanol–water partition coefficient (Wildman–Crippen LogP) is 5.61. The lowest BCUT2D eigenvalue weighted by Gasteiger charge is -2.26. The molecule has 8 nitrogen and oxygen atoms in total. The Morgan fingerprint density at radius 3 is 2.41 bits per heavy atom. The number of pyridine rings is 1. The number of nitrogens with zero attached hydrogens (tertiary/aromatic N) is 3. The molecule has 3 heterocycles. The third kappa shape index (κ3) is 5.87. The van der Waals surface area contributed by atoms with E-state index < -0.39 is 0 Å². The number of carbonyl (C=O) groups excluding carboxylic acids is 1. The van der Waals surface area contributed by atoms with Crippen LogP contribution in [0.15, 0.2) is 66.7 Å². The van der Waals surface area contributed by atoms with Crippen molar-refractivity contribution in [1.29, 1.82) is 0 Å². The quantitative estimate of drug-likeness (QED) is 0.323. The Balaban J connectivity index is 1.37. The summed E-state index contributed by atoms with van der Waals surface area (Å²) >= 11 is 0. The van der Waals surface area contributed by atoms with Crippen molar-refractivity contribution in [3.05, 3.63) is 78.2 Å². The number of benzene rings is 2. The second-order valence-electron chi connectivity index (χ2n) is 9.49. The van der Waals surface area contributed by atoms with Gasteiger partial charge in [-0.2, -0.15) is 0 Å². The van der Waals surface area contributed by atoms with Crippen LogP contribution in [0.4, 0.5) is 10.5 Å². The summed E-state index contributed by atoms with van der Waals surface area (Å²) < 4.78 is 5.31. The maximum Gasteiger partial charge on any atom is 0.333 e. The third-order valence-electron chi connectivity index (χ3n) is 6.30. The second-order valence-corrected chi connectivity index (χ2v) is 9.49. The first kappa shape index (κ1) is 24.7. The highest BCUT2D eigenvalue weighted by Gasteiger charge is 2.18. The first-order valence-electron chi connectivity index (χ1n) is 12.6. The number of imidazole rings is 1. The van der Waals surface area contributed by atoms with Gasteiger partial charge in [-0.1, -0.05) is 50.2 Å². The summed E-state index contributed by atoms with van der Waals surface area (Å²) in [7, 11) is 0. The highest BCUT2D eigenvalue weighted by molar-refractivity contribution is 5.89. The monoisotopic (exact) mass is 496 g/mol. The van der Waals surface area contributed by atoms with Gasteiger partial charge in [0.25, 0.3) is 0 Å². The van der Waals surface area contributed by atoms with Gasteiger partial charge in [0.2, 0.25) is 0 Å². The number of aromatic nitrogens is 3. The van der Waals surface area contributed by atoms with Gasteiger partial charge in [-0.3, -0.25) is 10.4 Å². The van der Waals surface area contributed by atoms with Gasteiger partial charge >= 0.3 is 6.03 Å². The number of anilines is 1. The van der Waals surface area contributed by atoms with Crippen molar-refractivity contribution in [3.63, 3.8) is 0 Å². The molecule has 2 amide bonds. The van der Waals surface area contributed by atoms with Crippen molar-refractivity contribution in [3.8, 4) is 33.8 Å². The number of hydrogen-bond donors (Lipinski definition) is 3. The van der Waals surface area contributed by atoms with Crippen molar-refractivity contribution >= 4 is 11.7 Å². The van der Waals surface area contributed by atoms with Gasteiger partial charge in [-0.05, 0) is 48.4 Å². The maximum absolute atomic E-state index is 12.3. The van der Waals surface area contributed by atoms with Crippen molar-refractivity contribution in [2.45, 2.75) is 26.7 Å². The van der Waals surface area contributed by atoms with Crippen LogP contribution in [-0.4, -0.2) is 52.3 Å². The van der Waals surface area contributed by atoms with Gasteiger partial charge in [0.05, 0.1) is 30.3 Å². The van der Waals surface area contributed by atoms with E-state index in [-0.39, 0.29) is 11.9 Å². The molecular weight excluding hydrogens is 464 g/mol. The lowest BCUT2D eigenvalue weighted by atomic mass is 10.00. The summed E-state index contributed by atoms with van der Waals surface area (Å²) in [5.74, 6) is 1.20. The Labute approximate surface area is 217 Å². The van der Waals surface area contributed by atoms with E-state index in [0.29, 0.717) is 26.3 Å². The Bertz CT molecular complexity index is 1370. The molecule has 1 aliphatic rings. The summed E-state index contributed by atoms with van der Waals surface area (Å²) in [6, 6.07) is 22.0. The van der Waals surface area contributed by atoms with Gasteiger partial charge in [0.15, 0.2) is 0 Å². The van der Waals surface area contributed by atoms with E-state index in [9.17, 15) is 4.79 Å². The zero-order valence-corrected chi connectivity index (χ0v) is 21.4. The van der Waals surface area contributed by atoms with Crippen LogP contribution in [0, 0.1) is 6.92 Å². The normalized spacial score (nSPS) is 14.1. The highest BCUT2D eigenvalue weighted by atomic mass is 16.5. The molecule has 0 unspecified atom stereocenters. The number of amides is 2. The number of morpholine rings is 1. The minimum atomic E-state index is -0.256. The van der Waals surface area contributed by atoms with Crippen LogP contribution in [0.25, 0.3) is 33.8 Å². The minimum Gasteiger partial charge on any atom is -0.379 e. The molecule has 8 heteroatoms. The lowest BCUT2D eigenvalue weighted by Crippen LogP contribution is -2.49. The number of aryl methyl sites for hydroxylation is 1. The molecular formula is C29H32N6O2. The van der Waals surface area contributed by atoms with Crippen LogP contribution in [-0.2, 0) is 4.74 Å². The lowest BCUT2D eigenvalue weighted by molar-refractivity contribution is 0.0207. The predicted molar refractivity (Wildman–Crippen MR) is 146 cm³/mol. The molecule has 0 aliphatic carbocycles. The summed E-state index contributed by atoms with van der Waals surface area (Å²) in [6.45, 7) is 8.85. The van der Waals surface area contributed by atoms with Gasteiger partial charge in [0, 0.05) is 36.0 Å². The van der Waals surface area contributed by atoms with Gasteiger partial charge in [-0.25, -0.2) is 14.8 Å². The fraction of sp³-hybridized carbons (Fsp3) is 0.276. The van der Waals surface area contributed by atoms with Crippen LogP contribution >= 0.6 is 0 Å². The summed E-state index contributed by atoms with van der Waals surface area (Å²) in [6.07, 6.45) is 0. The molecule has 0 bridgehead atoms. The number of ether oxygens (including phenoxy) is 1. The third-order valence-corrected chi connectivity index (χ3v) is 6.30. The molecule has 2 aromatic heterocycles. The van der Waals surface area contributed by atoms with E-state index in [1.807, 2.05) is 60.5 Å². The molecule has 1 aliphatic heterocycles. The molecule has 37 heavy (non-hydrogen) atoms. The van der Waals surface area contributed by atoms with E-state index >= 15 is 0 Å². The van der Waals surface area contributed by atoms with Crippen LogP contribution in [0.3, 0.4) is 0 Å².